The van der Waals surface area contributed by atoms with E-state index in [4.69, 9.17) is 9.47 Å². The zero-order valence-corrected chi connectivity index (χ0v) is 14.6. The molecule has 0 radical (unpaired) electrons. The third-order valence-corrected chi connectivity index (χ3v) is 3.70. The lowest BCUT2D eigenvalue weighted by atomic mass is 10.3. The van der Waals surface area contributed by atoms with Crippen molar-refractivity contribution in [1.82, 2.24) is 9.97 Å². The Balaban J connectivity index is 1.82. The first-order valence-corrected chi connectivity index (χ1v) is 8.81. The Morgan fingerprint density at radius 1 is 1.17 bits per heavy atom. The van der Waals surface area contributed by atoms with Gasteiger partial charge in [0.25, 0.3) is 0 Å². The van der Waals surface area contributed by atoms with Crippen LogP contribution in [0.15, 0.2) is 41.7 Å². The largest absolute Gasteiger partial charge is 0.494 e. The predicted octanol–water partition coefficient (Wildman–Crippen LogP) is 3.39. The lowest BCUT2D eigenvalue weighted by Gasteiger charge is -2.07. The Labute approximate surface area is 146 Å². The predicted molar refractivity (Wildman–Crippen MR) is 94.8 cm³/mol. The van der Waals surface area contributed by atoms with E-state index in [9.17, 15) is 4.79 Å². The number of nitrogens with one attached hydrogen (secondary N) is 1. The van der Waals surface area contributed by atoms with E-state index in [0.717, 1.165) is 17.9 Å². The van der Waals surface area contributed by atoms with Crippen LogP contribution >= 0.6 is 11.8 Å². The van der Waals surface area contributed by atoms with E-state index in [2.05, 4.69) is 15.3 Å². The number of benzene rings is 1. The number of ether oxygens (including phenoxy) is 2. The topological polar surface area (TPSA) is 73.3 Å². The number of anilines is 1. The van der Waals surface area contributed by atoms with Gasteiger partial charge in [0.05, 0.1) is 19.0 Å². The summed E-state index contributed by atoms with van der Waals surface area (Å²) >= 11 is 1.27. The normalized spacial score (nSPS) is 10.2. The minimum atomic E-state index is -0.118. The van der Waals surface area contributed by atoms with Gasteiger partial charge in [-0.25, -0.2) is 4.98 Å². The van der Waals surface area contributed by atoms with Crippen molar-refractivity contribution in [3.63, 3.8) is 0 Å². The van der Waals surface area contributed by atoms with Crippen LogP contribution in [-0.4, -0.2) is 34.8 Å². The van der Waals surface area contributed by atoms with Gasteiger partial charge in [0.2, 0.25) is 11.8 Å². The van der Waals surface area contributed by atoms with Crippen LogP contribution in [0, 0.1) is 0 Å². The first kappa shape index (κ1) is 18.1. The van der Waals surface area contributed by atoms with Crippen LogP contribution in [0.5, 0.6) is 11.6 Å². The molecule has 2 aromatic rings. The molecular weight excluding hydrogens is 326 g/mol. The number of rotatable bonds is 9. The van der Waals surface area contributed by atoms with Gasteiger partial charge in [0, 0.05) is 18.0 Å². The van der Waals surface area contributed by atoms with E-state index < -0.39 is 0 Å². The number of carbonyl (C=O) groups is 1. The number of aromatic nitrogens is 2. The van der Waals surface area contributed by atoms with Gasteiger partial charge in [-0.05, 0) is 37.6 Å². The average Bonchev–Trinajstić information content (AvgIpc) is 2.60. The van der Waals surface area contributed by atoms with E-state index in [1.54, 1.807) is 12.3 Å². The minimum absolute atomic E-state index is 0.118. The van der Waals surface area contributed by atoms with Crippen molar-refractivity contribution < 1.29 is 14.3 Å². The molecule has 0 aliphatic carbocycles. The zero-order chi connectivity index (χ0) is 17.2. The van der Waals surface area contributed by atoms with Crippen LogP contribution < -0.4 is 14.8 Å². The summed E-state index contributed by atoms with van der Waals surface area (Å²) in [4.78, 5) is 20.4. The van der Waals surface area contributed by atoms with Crippen molar-refractivity contribution in [3.8, 4) is 11.6 Å². The van der Waals surface area contributed by atoms with E-state index in [0.29, 0.717) is 24.3 Å². The van der Waals surface area contributed by atoms with Gasteiger partial charge in [0.15, 0.2) is 5.16 Å². The zero-order valence-electron chi connectivity index (χ0n) is 13.8. The van der Waals surface area contributed by atoms with Crippen LogP contribution in [0.3, 0.4) is 0 Å². The molecule has 0 aliphatic rings. The summed E-state index contributed by atoms with van der Waals surface area (Å²) < 4.78 is 10.8. The summed E-state index contributed by atoms with van der Waals surface area (Å²) in [5.41, 5.74) is 0.727. The summed E-state index contributed by atoms with van der Waals surface area (Å²) in [5.74, 6) is 1.42. The second kappa shape index (κ2) is 9.77. The summed E-state index contributed by atoms with van der Waals surface area (Å²) in [6.45, 7) is 5.18. The molecule has 0 bridgehead atoms. The number of amides is 1. The van der Waals surface area contributed by atoms with Gasteiger partial charge in [-0.15, -0.1) is 0 Å². The van der Waals surface area contributed by atoms with Crippen molar-refractivity contribution in [2.45, 2.75) is 25.4 Å². The number of carbonyl (C=O) groups excluding carboxylic acids is 1. The lowest BCUT2D eigenvalue weighted by molar-refractivity contribution is -0.113. The van der Waals surface area contributed by atoms with E-state index in [-0.39, 0.29) is 11.7 Å². The highest BCUT2D eigenvalue weighted by atomic mass is 32.2. The highest BCUT2D eigenvalue weighted by molar-refractivity contribution is 7.99. The fourth-order valence-corrected chi connectivity index (χ4v) is 2.43. The molecule has 1 heterocycles. The van der Waals surface area contributed by atoms with Gasteiger partial charge in [-0.3, -0.25) is 4.79 Å². The van der Waals surface area contributed by atoms with Crippen LogP contribution in [-0.2, 0) is 4.79 Å². The van der Waals surface area contributed by atoms with Gasteiger partial charge in [-0.1, -0.05) is 18.7 Å². The van der Waals surface area contributed by atoms with Gasteiger partial charge >= 0.3 is 0 Å². The molecule has 7 heteroatoms. The molecule has 128 valence electrons. The second-order valence-corrected chi connectivity index (χ2v) is 5.76. The molecule has 0 spiro atoms. The fourth-order valence-electron chi connectivity index (χ4n) is 1.81. The van der Waals surface area contributed by atoms with Crippen molar-refractivity contribution in [2.75, 3.05) is 24.3 Å². The highest BCUT2D eigenvalue weighted by Gasteiger charge is 2.07. The van der Waals surface area contributed by atoms with Gasteiger partial charge in [0.1, 0.15) is 5.75 Å². The maximum absolute atomic E-state index is 12.0. The minimum Gasteiger partial charge on any atom is -0.494 e. The van der Waals surface area contributed by atoms with Crippen LogP contribution in [0.1, 0.15) is 20.3 Å². The molecule has 2 rings (SSSR count). The number of hydrogen-bond donors (Lipinski definition) is 1. The molecule has 1 aromatic carbocycles. The van der Waals surface area contributed by atoms with Crippen molar-refractivity contribution >= 4 is 23.4 Å². The maximum Gasteiger partial charge on any atom is 0.234 e. The monoisotopic (exact) mass is 347 g/mol. The van der Waals surface area contributed by atoms with E-state index in [1.807, 2.05) is 38.1 Å². The van der Waals surface area contributed by atoms with Crippen LogP contribution in [0.4, 0.5) is 5.69 Å². The Morgan fingerprint density at radius 2 is 1.96 bits per heavy atom. The van der Waals surface area contributed by atoms with E-state index >= 15 is 0 Å². The molecule has 1 aromatic heterocycles. The summed E-state index contributed by atoms with van der Waals surface area (Å²) in [6, 6.07) is 8.97. The number of nitrogens with zero attached hydrogens (tertiary/aromatic N) is 2. The molecule has 0 saturated carbocycles. The Morgan fingerprint density at radius 3 is 2.67 bits per heavy atom. The van der Waals surface area contributed by atoms with Gasteiger partial charge in [-0.2, -0.15) is 4.98 Å². The molecule has 0 aliphatic heterocycles. The average molecular weight is 347 g/mol. The standard InChI is InChI=1S/C17H21N3O3S/c1-3-11-23-16-9-10-18-17(20-16)24-12-15(21)19-13-5-7-14(8-6-13)22-4-2/h5-10H,3-4,11-12H2,1-2H3,(H,19,21). The van der Waals surface area contributed by atoms with Crippen LogP contribution in [0.25, 0.3) is 0 Å². The number of hydrogen-bond acceptors (Lipinski definition) is 6. The van der Waals surface area contributed by atoms with Crippen molar-refractivity contribution in [1.29, 1.82) is 0 Å². The lowest BCUT2D eigenvalue weighted by Crippen LogP contribution is -2.14. The summed E-state index contributed by atoms with van der Waals surface area (Å²) in [5, 5.41) is 3.35. The maximum atomic E-state index is 12.0. The first-order valence-electron chi connectivity index (χ1n) is 7.82. The molecule has 1 N–H and O–H groups in total. The summed E-state index contributed by atoms with van der Waals surface area (Å²) in [7, 11) is 0. The third-order valence-electron chi connectivity index (χ3n) is 2.84. The molecule has 24 heavy (non-hydrogen) atoms. The first-order chi connectivity index (χ1) is 11.7. The fraction of sp³-hybridized carbons (Fsp3) is 0.353. The quantitative estimate of drug-likeness (QED) is 0.554. The number of thioether (sulfide) groups is 1. The molecule has 0 atom stereocenters. The molecule has 0 saturated heterocycles. The van der Waals surface area contributed by atoms with E-state index in [1.165, 1.54) is 11.8 Å². The molecule has 0 unspecified atom stereocenters. The Bertz CT molecular complexity index is 650. The SMILES string of the molecule is CCCOc1ccnc(SCC(=O)Nc2ccc(OCC)cc2)n1. The molecule has 0 fully saturated rings. The Kier molecular flexibility index (Phi) is 7.35. The van der Waals surface area contributed by atoms with Crippen molar-refractivity contribution in [3.05, 3.63) is 36.5 Å². The molecular formula is C17H21N3O3S. The Hall–Kier alpha value is -2.28. The van der Waals surface area contributed by atoms with Crippen LogP contribution in [0.2, 0.25) is 0 Å². The third kappa shape index (κ3) is 6.08. The second-order valence-electron chi connectivity index (χ2n) is 4.82. The highest BCUT2D eigenvalue weighted by Crippen LogP contribution is 2.18. The smallest absolute Gasteiger partial charge is 0.234 e. The molecule has 1 amide bonds. The van der Waals surface area contributed by atoms with Gasteiger partial charge < -0.3 is 14.8 Å². The summed E-state index contributed by atoms with van der Waals surface area (Å²) in [6.07, 6.45) is 2.54. The van der Waals surface area contributed by atoms with Crippen molar-refractivity contribution in [2.24, 2.45) is 0 Å². The molecule has 6 nitrogen and oxygen atoms in total.